The van der Waals surface area contributed by atoms with Crippen LogP contribution in [0.5, 0.6) is 0 Å². The lowest BCUT2D eigenvalue weighted by Crippen LogP contribution is -2.39. The van der Waals surface area contributed by atoms with Crippen molar-refractivity contribution in [3.63, 3.8) is 0 Å². The summed E-state index contributed by atoms with van der Waals surface area (Å²) in [6.45, 7) is 8.60. The summed E-state index contributed by atoms with van der Waals surface area (Å²) in [7, 11) is 0. The van der Waals surface area contributed by atoms with Crippen molar-refractivity contribution >= 4 is 29.9 Å². The Balaban J connectivity index is 0.00000288. The number of halogens is 1. The van der Waals surface area contributed by atoms with Crippen LogP contribution >= 0.6 is 24.0 Å². The van der Waals surface area contributed by atoms with Crippen LogP contribution in [0.2, 0.25) is 0 Å². The van der Waals surface area contributed by atoms with Crippen LogP contribution < -0.4 is 10.6 Å². The van der Waals surface area contributed by atoms with Crippen LogP contribution in [0.3, 0.4) is 0 Å². The maximum Gasteiger partial charge on any atom is 0.191 e. The summed E-state index contributed by atoms with van der Waals surface area (Å²) in [4.78, 5) is 4.56. The van der Waals surface area contributed by atoms with E-state index in [0.717, 1.165) is 71.4 Å². The van der Waals surface area contributed by atoms with Gasteiger partial charge in [0.05, 0.1) is 19.8 Å². The molecule has 1 fully saturated rings. The molecule has 0 spiro atoms. The van der Waals surface area contributed by atoms with Gasteiger partial charge in [0.25, 0.3) is 0 Å². The fourth-order valence-corrected chi connectivity index (χ4v) is 2.39. The molecule has 1 aliphatic rings. The van der Waals surface area contributed by atoms with Gasteiger partial charge in [-0.2, -0.15) is 5.10 Å². The highest BCUT2D eigenvalue weighted by Crippen LogP contribution is 2.12. The number of aliphatic imine (C=N–C) groups is 1. The molecule has 0 bridgehead atoms. The van der Waals surface area contributed by atoms with Crippen LogP contribution in [0.1, 0.15) is 19.8 Å². The molecule has 8 heteroatoms. The van der Waals surface area contributed by atoms with E-state index in [9.17, 15) is 0 Å². The van der Waals surface area contributed by atoms with Gasteiger partial charge in [0.2, 0.25) is 0 Å². The molecule has 1 aliphatic heterocycles. The predicted molar refractivity (Wildman–Crippen MR) is 106 cm³/mol. The van der Waals surface area contributed by atoms with Crippen molar-refractivity contribution in [3.05, 3.63) is 18.5 Å². The van der Waals surface area contributed by atoms with Crippen molar-refractivity contribution < 1.29 is 9.47 Å². The maximum absolute atomic E-state index is 5.69. The summed E-state index contributed by atoms with van der Waals surface area (Å²) < 4.78 is 12.9. The van der Waals surface area contributed by atoms with Crippen LogP contribution in [0.4, 0.5) is 0 Å². The molecule has 0 amide bonds. The molecule has 0 aromatic carbocycles. The summed E-state index contributed by atoms with van der Waals surface area (Å²) in [6.07, 6.45) is 5.81. The number of aromatic nitrogens is 2. The Morgan fingerprint density at radius 3 is 3.08 bits per heavy atom. The van der Waals surface area contributed by atoms with E-state index in [1.807, 2.05) is 16.9 Å². The highest BCUT2D eigenvalue weighted by molar-refractivity contribution is 14.0. The van der Waals surface area contributed by atoms with Crippen LogP contribution in [0.15, 0.2) is 23.5 Å². The van der Waals surface area contributed by atoms with Crippen molar-refractivity contribution in [2.24, 2.45) is 10.9 Å². The molecule has 1 saturated heterocycles. The van der Waals surface area contributed by atoms with Gasteiger partial charge in [-0.05, 0) is 25.8 Å². The fourth-order valence-electron chi connectivity index (χ4n) is 2.39. The molecule has 1 aromatic heterocycles. The Labute approximate surface area is 161 Å². The predicted octanol–water partition coefficient (Wildman–Crippen LogP) is 1.50. The molecule has 1 atom stereocenters. The van der Waals surface area contributed by atoms with Crippen LogP contribution in [0.25, 0.3) is 0 Å². The minimum absolute atomic E-state index is 0. The van der Waals surface area contributed by atoms with E-state index in [1.165, 1.54) is 0 Å². The molecule has 2 rings (SSSR count). The quantitative estimate of drug-likeness (QED) is 0.244. The van der Waals surface area contributed by atoms with Gasteiger partial charge in [-0.15, -0.1) is 24.0 Å². The van der Waals surface area contributed by atoms with Crippen LogP contribution in [-0.2, 0) is 16.0 Å². The summed E-state index contributed by atoms with van der Waals surface area (Å²) >= 11 is 0. The molecule has 24 heavy (non-hydrogen) atoms. The fraction of sp³-hybridized carbons (Fsp3) is 0.750. The second kappa shape index (κ2) is 13.4. The number of rotatable bonds is 10. The minimum Gasteiger partial charge on any atom is -0.381 e. The van der Waals surface area contributed by atoms with Gasteiger partial charge >= 0.3 is 0 Å². The van der Waals surface area contributed by atoms with Crippen molar-refractivity contribution in [1.82, 2.24) is 20.4 Å². The third-order valence-electron chi connectivity index (χ3n) is 3.63. The van der Waals surface area contributed by atoms with Gasteiger partial charge in [0.1, 0.15) is 0 Å². The molecule has 0 saturated carbocycles. The van der Waals surface area contributed by atoms with Crippen molar-refractivity contribution in [3.8, 4) is 0 Å². The molecule has 1 aromatic rings. The third-order valence-corrected chi connectivity index (χ3v) is 3.63. The molecule has 7 nitrogen and oxygen atoms in total. The van der Waals surface area contributed by atoms with Gasteiger partial charge in [-0.3, -0.25) is 9.67 Å². The zero-order valence-corrected chi connectivity index (χ0v) is 16.8. The first-order valence-electron chi connectivity index (χ1n) is 8.53. The van der Waals surface area contributed by atoms with E-state index in [1.54, 1.807) is 6.20 Å². The molecule has 0 aliphatic carbocycles. The number of nitrogens with zero attached hydrogens (tertiary/aromatic N) is 3. The average molecular weight is 451 g/mol. The number of hydrogen-bond acceptors (Lipinski definition) is 4. The van der Waals surface area contributed by atoms with E-state index in [4.69, 9.17) is 9.47 Å². The van der Waals surface area contributed by atoms with Gasteiger partial charge in [-0.25, -0.2) is 0 Å². The van der Waals surface area contributed by atoms with Crippen molar-refractivity contribution in [2.75, 3.05) is 46.1 Å². The third kappa shape index (κ3) is 8.84. The second-order valence-electron chi connectivity index (χ2n) is 5.61. The van der Waals surface area contributed by atoms with E-state index in [0.29, 0.717) is 5.92 Å². The van der Waals surface area contributed by atoms with Crippen LogP contribution in [0, 0.1) is 5.92 Å². The molecule has 0 radical (unpaired) electrons. The zero-order valence-electron chi connectivity index (χ0n) is 14.4. The first kappa shape index (κ1) is 21.2. The summed E-state index contributed by atoms with van der Waals surface area (Å²) in [6, 6.07) is 1.93. The maximum atomic E-state index is 5.69. The average Bonchev–Trinajstić information content (AvgIpc) is 3.24. The first-order valence-corrected chi connectivity index (χ1v) is 8.53. The Morgan fingerprint density at radius 1 is 1.46 bits per heavy atom. The minimum atomic E-state index is 0. The second-order valence-corrected chi connectivity index (χ2v) is 5.61. The van der Waals surface area contributed by atoms with Gasteiger partial charge in [-0.1, -0.05) is 0 Å². The molecular formula is C16H30IN5O2. The highest BCUT2D eigenvalue weighted by Gasteiger charge is 2.15. The lowest BCUT2D eigenvalue weighted by atomic mass is 10.1. The molecule has 2 heterocycles. The zero-order chi connectivity index (χ0) is 16.2. The summed E-state index contributed by atoms with van der Waals surface area (Å²) in [5.41, 5.74) is 0. The standard InChI is InChI=1S/C16H29N5O2.HI/c1-2-17-16(19-8-10-21-9-3-7-20-21)18-6-4-11-22-13-15-5-12-23-14-15;/h3,7,9,15H,2,4-6,8,10-14H2,1H3,(H2,17,18,19);1H. The van der Waals surface area contributed by atoms with E-state index in [-0.39, 0.29) is 24.0 Å². The van der Waals surface area contributed by atoms with Crippen LogP contribution in [-0.4, -0.2) is 61.8 Å². The number of nitrogens with one attached hydrogen (secondary N) is 2. The Bertz CT molecular complexity index is 436. The highest BCUT2D eigenvalue weighted by atomic mass is 127. The largest absolute Gasteiger partial charge is 0.381 e. The van der Waals surface area contributed by atoms with Gasteiger partial charge < -0.3 is 20.1 Å². The Morgan fingerprint density at radius 2 is 2.38 bits per heavy atom. The monoisotopic (exact) mass is 451 g/mol. The summed E-state index contributed by atoms with van der Waals surface area (Å²) in [5.74, 6) is 1.43. The van der Waals surface area contributed by atoms with E-state index in [2.05, 4.69) is 27.6 Å². The molecule has 1 unspecified atom stereocenters. The number of hydrogen-bond donors (Lipinski definition) is 2. The SMILES string of the molecule is CCNC(=NCCCOCC1CCOC1)NCCn1cccn1.I. The first-order chi connectivity index (χ1) is 11.4. The van der Waals surface area contributed by atoms with Crippen molar-refractivity contribution in [2.45, 2.75) is 26.3 Å². The summed E-state index contributed by atoms with van der Waals surface area (Å²) in [5, 5.41) is 10.7. The van der Waals surface area contributed by atoms with Crippen molar-refractivity contribution in [1.29, 1.82) is 0 Å². The van der Waals surface area contributed by atoms with E-state index >= 15 is 0 Å². The van der Waals surface area contributed by atoms with Gasteiger partial charge in [0.15, 0.2) is 5.96 Å². The van der Waals surface area contributed by atoms with E-state index < -0.39 is 0 Å². The molecule has 2 N–H and O–H groups in total. The normalized spacial score (nSPS) is 17.5. The molecular weight excluding hydrogens is 421 g/mol. The Kier molecular flexibility index (Phi) is 11.8. The van der Waals surface area contributed by atoms with Gasteiger partial charge in [0, 0.05) is 51.2 Å². The topological polar surface area (TPSA) is 72.7 Å². The number of ether oxygens (including phenoxy) is 2. The lowest BCUT2D eigenvalue weighted by molar-refractivity contribution is 0.0893. The Hall–Kier alpha value is -0.870. The smallest absolute Gasteiger partial charge is 0.191 e. The number of guanidine groups is 1. The molecule has 138 valence electrons. The lowest BCUT2D eigenvalue weighted by Gasteiger charge is -2.11.